The zero-order chi connectivity index (χ0) is 26.8. The first-order valence-electron chi connectivity index (χ1n) is 13.4. The molecular formula is C31H36N4O3. The van der Waals surface area contributed by atoms with Crippen LogP contribution in [0.3, 0.4) is 0 Å². The minimum Gasteiger partial charge on any atom is -0.479 e. The molecule has 0 radical (unpaired) electrons. The van der Waals surface area contributed by atoms with Gasteiger partial charge in [0.15, 0.2) is 6.10 Å². The smallest absolute Gasteiger partial charge is 0.265 e. The number of fused-ring (bicyclic) bond motifs is 1. The molecule has 0 spiro atoms. The minimum atomic E-state index is -0.541. The van der Waals surface area contributed by atoms with E-state index < -0.39 is 6.10 Å². The van der Waals surface area contributed by atoms with Crippen molar-refractivity contribution in [3.05, 3.63) is 77.9 Å². The molecule has 2 heterocycles. The molecule has 3 atom stereocenters. The Kier molecular flexibility index (Phi) is 7.49. The van der Waals surface area contributed by atoms with Crippen LogP contribution in [0.2, 0.25) is 0 Å². The molecule has 2 aliphatic heterocycles. The lowest BCUT2D eigenvalue weighted by atomic mass is 9.96. The van der Waals surface area contributed by atoms with E-state index in [-0.39, 0.29) is 11.8 Å². The third-order valence-corrected chi connectivity index (χ3v) is 7.56. The Morgan fingerprint density at radius 1 is 1.00 bits per heavy atom. The summed E-state index contributed by atoms with van der Waals surface area (Å²) < 4.78 is 5.63. The summed E-state index contributed by atoms with van der Waals surface area (Å²) in [7, 11) is 0. The molecule has 3 aromatic rings. The highest BCUT2D eigenvalue weighted by molar-refractivity contribution is 6.05. The number of nitrogens with one attached hydrogen (secondary N) is 2. The van der Waals surface area contributed by atoms with E-state index in [0.29, 0.717) is 34.8 Å². The van der Waals surface area contributed by atoms with Gasteiger partial charge in [0.25, 0.3) is 11.8 Å². The van der Waals surface area contributed by atoms with Crippen LogP contribution in [0, 0.1) is 0 Å². The van der Waals surface area contributed by atoms with Crippen LogP contribution in [0.15, 0.2) is 66.7 Å². The molecule has 5 rings (SSSR count). The number of carbonyl (C=O) groups is 2. The zero-order valence-corrected chi connectivity index (χ0v) is 22.5. The van der Waals surface area contributed by atoms with Crippen molar-refractivity contribution in [3.8, 4) is 16.9 Å². The largest absolute Gasteiger partial charge is 0.479 e. The topological polar surface area (TPSA) is 73.9 Å². The average molecular weight is 513 g/mol. The quantitative estimate of drug-likeness (QED) is 0.473. The summed E-state index contributed by atoms with van der Waals surface area (Å²) in [5.41, 5.74) is 5.16. The van der Waals surface area contributed by atoms with Crippen LogP contribution in [0.5, 0.6) is 5.75 Å². The molecule has 38 heavy (non-hydrogen) atoms. The van der Waals surface area contributed by atoms with Gasteiger partial charge in [-0.25, -0.2) is 0 Å². The van der Waals surface area contributed by atoms with Gasteiger partial charge in [-0.05, 0) is 74.3 Å². The van der Waals surface area contributed by atoms with Crippen molar-refractivity contribution >= 4 is 23.2 Å². The molecule has 2 N–H and O–H groups in total. The van der Waals surface area contributed by atoms with Crippen LogP contribution in [-0.2, 0) is 11.3 Å². The number of carbonyl (C=O) groups excluding carboxylic acids is 2. The number of hydrogen-bond donors (Lipinski definition) is 2. The summed E-state index contributed by atoms with van der Waals surface area (Å²) >= 11 is 0. The first-order valence-corrected chi connectivity index (χ1v) is 13.4. The Bertz CT molecular complexity index is 1310. The van der Waals surface area contributed by atoms with Crippen LogP contribution >= 0.6 is 0 Å². The number of piperazine rings is 1. The fraction of sp³-hybridized carbons (Fsp3) is 0.355. The molecule has 1 unspecified atom stereocenters. The van der Waals surface area contributed by atoms with E-state index in [4.69, 9.17) is 4.74 Å². The molecule has 0 aliphatic carbocycles. The Labute approximate surface area is 224 Å². The zero-order valence-electron chi connectivity index (χ0n) is 22.5. The molecule has 2 aliphatic rings. The third kappa shape index (κ3) is 5.44. The van der Waals surface area contributed by atoms with E-state index in [2.05, 4.69) is 59.4 Å². The number of benzene rings is 3. The highest BCUT2D eigenvalue weighted by Crippen LogP contribution is 2.33. The Hall–Kier alpha value is -3.68. The molecule has 7 nitrogen and oxygen atoms in total. The summed E-state index contributed by atoms with van der Waals surface area (Å²) in [5, 5.41) is 5.82. The van der Waals surface area contributed by atoms with Gasteiger partial charge in [-0.2, -0.15) is 0 Å². The lowest BCUT2D eigenvalue weighted by molar-refractivity contribution is -0.122. The normalized spacial score (nSPS) is 21.8. The number of nitrogens with zero attached hydrogens (tertiary/aromatic N) is 2. The lowest BCUT2D eigenvalue weighted by Gasteiger charge is -2.44. The highest BCUT2D eigenvalue weighted by Gasteiger charge is 2.29. The summed E-state index contributed by atoms with van der Waals surface area (Å²) in [4.78, 5) is 30.4. The summed E-state index contributed by atoms with van der Waals surface area (Å²) in [5.74, 6) is 0.196. The SMILES string of the molecule is CCN1[C@H](C)CN(Cc2cc(C(=O)Nc3ccc4c(c3)NC(=O)C(C)O4)ccc2-c2ccccc2)C[C@@H]1C. The van der Waals surface area contributed by atoms with Gasteiger partial charge in [-0.15, -0.1) is 0 Å². The van der Waals surface area contributed by atoms with Gasteiger partial charge >= 0.3 is 0 Å². The first-order chi connectivity index (χ1) is 18.3. The van der Waals surface area contributed by atoms with E-state index in [1.165, 1.54) is 0 Å². The van der Waals surface area contributed by atoms with Crippen molar-refractivity contribution in [1.82, 2.24) is 9.80 Å². The average Bonchev–Trinajstić information content (AvgIpc) is 2.90. The number of likely N-dealkylation sites (N-methyl/N-ethyl adjacent to an activating group) is 1. The molecule has 3 aromatic carbocycles. The molecule has 0 saturated carbocycles. The molecule has 1 saturated heterocycles. The molecule has 198 valence electrons. The Morgan fingerprint density at radius 2 is 1.74 bits per heavy atom. The number of ether oxygens (including phenoxy) is 1. The van der Waals surface area contributed by atoms with Crippen molar-refractivity contribution in [3.63, 3.8) is 0 Å². The molecule has 2 amide bonds. The van der Waals surface area contributed by atoms with Crippen LogP contribution in [-0.4, -0.2) is 59.4 Å². The number of anilines is 2. The second kappa shape index (κ2) is 11.0. The van der Waals surface area contributed by atoms with Crippen LogP contribution in [0.1, 0.15) is 43.6 Å². The summed E-state index contributed by atoms with van der Waals surface area (Å²) in [6.07, 6.45) is -0.541. The van der Waals surface area contributed by atoms with Crippen LogP contribution < -0.4 is 15.4 Å². The summed E-state index contributed by atoms with van der Waals surface area (Å²) in [6.45, 7) is 12.3. The highest BCUT2D eigenvalue weighted by atomic mass is 16.5. The number of hydrogen-bond acceptors (Lipinski definition) is 5. The molecular weight excluding hydrogens is 476 g/mol. The maximum Gasteiger partial charge on any atom is 0.265 e. The molecule has 0 aromatic heterocycles. The van der Waals surface area contributed by atoms with Gasteiger partial charge in [0.2, 0.25) is 0 Å². The van der Waals surface area contributed by atoms with Crippen LogP contribution in [0.4, 0.5) is 11.4 Å². The van der Waals surface area contributed by atoms with E-state index in [9.17, 15) is 9.59 Å². The minimum absolute atomic E-state index is 0.195. The van der Waals surface area contributed by atoms with Crippen molar-refractivity contribution in [2.45, 2.75) is 52.4 Å². The monoisotopic (exact) mass is 512 g/mol. The predicted molar refractivity (Wildman–Crippen MR) is 152 cm³/mol. The predicted octanol–water partition coefficient (Wildman–Crippen LogP) is 5.24. The maximum absolute atomic E-state index is 13.3. The molecule has 7 heteroatoms. The molecule has 0 bridgehead atoms. The number of amides is 2. The fourth-order valence-corrected chi connectivity index (χ4v) is 5.71. The summed E-state index contributed by atoms with van der Waals surface area (Å²) in [6, 6.07) is 22.5. The van der Waals surface area contributed by atoms with Gasteiger partial charge in [-0.1, -0.05) is 43.3 Å². The van der Waals surface area contributed by atoms with E-state index in [0.717, 1.165) is 42.9 Å². The van der Waals surface area contributed by atoms with E-state index in [1.807, 2.05) is 30.3 Å². The van der Waals surface area contributed by atoms with Gasteiger partial charge in [0.05, 0.1) is 5.69 Å². The second-order valence-electron chi connectivity index (χ2n) is 10.4. The number of rotatable bonds is 6. The first kappa shape index (κ1) is 25.9. The van der Waals surface area contributed by atoms with Crippen molar-refractivity contribution in [2.75, 3.05) is 30.3 Å². The van der Waals surface area contributed by atoms with E-state index >= 15 is 0 Å². The van der Waals surface area contributed by atoms with Gasteiger partial charge < -0.3 is 15.4 Å². The Balaban J connectivity index is 1.40. The molecule has 1 fully saturated rings. The van der Waals surface area contributed by atoms with Gasteiger partial charge in [0, 0.05) is 43.0 Å². The standard InChI is InChI=1S/C31H36N4O3/c1-5-35-20(2)17-34(18-21(35)3)19-25-15-24(11-13-27(25)23-9-7-6-8-10-23)31(37)32-26-12-14-29-28(16-26)33-30(36)22(4)38-29/h6-16,20-22H,5,17-19H2,1-4H3,(H,32,37)(H,33,36)/t20-,21+,22?. The lowest BCUT2D eigenvalue weighted by Crippen LogP contribution is -2.56. The van der Waals surface area contributed by atoms with Crippen molar-refractivity contribution in [1.29, 1.82) is 0 Å². The van der Waals surface area contributed by atoms with Crippen molar-refractivity contribution < 1.29 is 14.3 Å². The third-order valence-electron chi connectivity index (χ3n) is 7.56. The van der Waals surface area contributed by atoms with Crippen LogP contribution in [0.25, 0.3) is 11.1 Å². The second-order valence-corrected chi connectivity index (χ2v) is 10.4. The fourth-order valence-electron chi connectivity index (χ4n) is 5.71. The maximum atomic E-state index is 13.3. The van der Waals surface area contributed by atoms with Crippen molar-refractivity contribution in [2.24, 2.45) is 0 Å². The van der Waals surface area contributed by atoms with Gasteiger partial charge in [0.1, 0.15) is 5.75 Å². The van der Waals surface area contributed by atoms with E-state index in [1.54, 1.807) is 25.1 Å². The van der Waals surface area contributed by atoms with Gasteiger partial charge in [-0.3, -0.25) is 19.4 Å². The Morgan fingerprint density at radius 3 is 2.45 bits per heavy atom.